The standard InChI is InChI=1S/C17H25NO3/c1-2-21-16(19)15(14-9-5-3-6-10-14)18-13-17(20)11-7-4-8-12-17/h3,5-6,9-10,15,18,20H,2,4,7-8,11-13H2,1H3/t15-/m0/s1. The highest BCUT2D eigenvalue weighted by Gasteiger charge is 2.31. The molecule has 0 aromatic heterocycles. The van der Waals surface area contributed by atoms with E-state index in [0.717, 1.165) is 31.2 Å². The van der Waals surface area contributed by atoms with Crippen molar-refractivity contribution in [1.29, 1.82) is 0 Å². The van der Waals surface area contributed by atoms with E-state index < -0.39 is 11.6 Å². The smallest absolute Gasteiger partial charge is 0.327 e. The first-order valence-corrected chi connectivity index (χ1v) is 7.82. The molecule has 0 unspecified atom stereocenters. The molecule has 0 radical (unpaired) electrons. The second-order valence-electron chi connectivity index (χ2n) is 5.76. The Morgan fingerprint density at radius 3 is 2.57 bits per heavy atom. The average Bonchev–Trinajstić information content (AvgIpc) is 2.49. The first-order valence-electron chi connectivity index (χ1n) is 7.82. The van der Waals surface area contributed by atoms with Crippen LogP contribution in [-0.2, 0) is 9.53 Å². The van der Waals surface area contributed by atoms with Gasteiger partial charge in [0.15, 0.2) is 0 Å². The van der Waals surface area contributed by atoms with E-state index in [-0.39, 0.29) is 5.97 Å². The van der Waals surface area contributed by atoms with Gasteiger partial charge in [0, 0.05) is 6.54 Å². The minimum absolute atomic E-state index is 0.289. The highest BCUT2D eigenvalue weighted by atomic mass is 16.5. The van der Waals surface area contributed by atoms with Gasteiger partial charge < -0.3 is 9.84 Å². The van der Waals surface area contributed by atoms with Gasteiger partial charge in [-0.2, -0.15) is 0 Å². The molecule has 2 rings (SSSR count). The minimum Gasteiger partial charge on any atom is -0.465 e. The molecule has 1 atom stereocenters. The molecule has 0 heterocycles. The zero-order valence-electron chi connectivity index (χ0n) is 12.7. The molecule has 2 N–H and O–H groups in total. The fourth-order valence-electron chi connectivity index (χ4n) is 2.89. The van der Waals surface area contributed by atoms with Gasteiger partial charge in [-0.05, 0) is 25.3 Å². The fourth-order valence-corrected chi connectivity index (χ4v) is 2.89. The van der Waals surface area contributed by atoms with Crippen LogP contribution in [0.25, 0.3) is 0 Å². The van der Waals surface area contributed by atoms with E-state index in [2.05, 4.69) is 5.32 Å². The van der Waals surface area contributed by atoms with Crippen LogP contribution in [0.5, 0.6) is 0 Å². The Morgan fingerprint density at radius 1 is 1.29 bits per heavy atom. The summed E-state index contributed by atoms with van der Waals surface area (Å²) in [7, 11) is 0. The summed E-state index contributed by atoms with van der Waals surface area (Å²) in [5.41, 5.74) is 0.174. The second kappa shape index (κ2) is 7.57. The Kier molecular flexibility index (Phi) is 5.76. The van der Waals surface area contributed by atoms with Crippen LogP contribution in [0.15, 0.2) is 30.3 Å². The summed E-state index contributed by atoms with van der Waals surface area (Å²) in [6.07, 6.45) is 4.87. The van der Waals surface area contributed by atoms with Crippen LogP contribution in [0, 0.1) is 0 Å². The van der Waals surface area contributed by atoms with Crippen molar-refractivity contribution >= 4 is 5.97 Å². The Hall–Kier alpha value is -1.39. The number of esters is 1. The van der Waals surface area contributed by atoms with Crippen molar-refractivity contribution in [2.75, 3.05) is 13.2 Å². The third kappa shape index (κ3) is 4.55. The molecule has 1 saturated carbocycles. The number of hydrogen-bond donors (Lipinski definition) is 2. The lowest BCUT2D eigenvalue weighted by Crippen LogP contribution is -2.45. The van der Waals surface area contributed by atoms with Crippen molar-refractivity contribution in [3.63, 3.8) is 0 Å². The van der Waals surface area contributed by atoms with Gasteiger partial charge in [0.1, 0.15) is 6.04 Å². The van der Waals surface area contributed by atoms with Crippen molar-refractivity contribution in [2.45, 2.75) is 50.7 Å². The molecule has 0 saturated heterocycles. The molecule has 1 fully saturated rings. The van der Waals surface area contributed by atoms with E-state index >= 15 is 0 Å². The van der Waals surface area contributed by atoms with E-state index in [1.54, 1.807) is 6.92 Å². The number of aliphatic hydroxyl groups is 1. The third-order valence-electron chi connectivity index (χ3n) is 4.07. The van der Waals surface area contributed by atoms with Crippen LogP contribution in [0.4, 0.5) is 0 Å². The first kappa shape index (κ1) is 16.0. The maximum absolute atomic E-state index is 12.2. The average molecular weight is 291 g/mol. The molecule has 4 nitrogen and oxygen atoms in total. The Labute approximate surface area is 126 Å². The van der Waals surface area contributed by atoms with E-state index in [0.29, 0.717) is 13.2 Å². The van der Waals surface area contributed by atoms with Crippen LogP contribution in [0.2, 0.25) is 0 Å². The van der Waals surface area contributed by atoms with Crippen LogP contribution in [-0.4, -0.2) is 29.8 Å². The molecule has 1 aliphatic carbocycles. The van der Waals surface area contributed by atoms with Crippen LogP contribution < -0.4 is 5.32 Å². The summed E-state index contributed by atoms with van der Waals surface area (Å²) in [5.74, 6) is -0.289. The molecule has 1 aromatic carbocycles. The molecule has 0 spiro atoms. The van der Waals surface area contributed by atoms with E-state index in [1.807, 2.05) is 30.3 Å². The lowest BCUT2D eigenvalue weighted by Gasteiger charge is -2.33. The van der Waals surface area contributed by atoms with Gasteiger partial charge in [0.25, 0.3) is 0 Å². The number of hydrogen-bond acceptors (Lipinski definition) is 4. The van der Waals surface area contributed by atoms with Crippen LogP contribution >= 0.6 is 0 Å². The quantitative estimate of drug-likeness (QED) is 0.791. The van der Waals surface area contributed by atoms with E-state index in [4.69, 9.17) is 4.74 Å². The third-order valence-corrected chi connectivity index (χ3v) is 4.07. The zero-order chi connectivity index (χ0) is 15.1. The molecule has 0 bridgehead atoms. The van der Waals surface area contributed by atoms with Crippen molar-refractivity contribution in [3.05, 3.63) is 35.9 Å². The minimum atomic E-state index is -0.697. The summed E-state index contributed by atoms with van der Waals surface area (Å²) < 4.78 is 5.15. The number of ether oxygens (including phenoxy) is 1. The van der Waals surface area contributed by atoms with Crippen molar-refractivity contribution in [3.8, 4) is 0 Å². The van der Waals surface area contributed by atoms with Gasteiger partial charge in [-0.15, -0.1) is 0 Å². The molecule has 1 aliphatic rings. The highest BCUT2D eigenvalue weighted by Crippen LogP contribution is 2.28. The lowest BCUT2D eigenvalue weighted by molar-refractivity contribution is -0.146. The highest BCUT2D eigenvalue weighted by molar-refractivity contribution is 5.77. The SMILES string of the molecule is CCOC(=O)[C@@H](NCC1(O)CCCCC1)c1ccccc1. The predicted molar refractivity (Wildman–Crippen MR) is 81.9 cm³/mol. The van der Waals surface area contributed by atoms with Crippen molar-refractivity contribution < 1.29 is 14.6 Å². The number of nitrogens with one attached hydrogen (secondary N) is 1. The molecule has 1 aromatic rings. The lowest BCUT2D eigenvalue weighted by atomic mass is 9.84. The van der Waals surface area contributed by atoms with Gasteiger partial charge in [0.2, 0.25) is 0 Å². The molecule has 4 heteroatoms. The summed E-state index contributed by atoms with van der Waals surface area (Å²) >= 11 is 0. The predicted octanol–water partition coefficient (Wildman–Crippen LogP) is 2.58. The first-order chi connectivity index (χ1) is 10.1. The van der Waals surface area contributed by atoms with Gasteiger partial charge in [-0.25, -0.2) is 4.79 Å². The Balaban J connectivity index is 2.04. The Bertz CT molecular complexity index is 441. The van der Waals surface area contributed by atoms with Crippen molar-refractivity contribution in [2.24, 2.45) is 0 Å². The van der Waals surface area contributed by atoms with Gasteiger partial charge in [0.05, 0.1) is 12.2 Å². The summed E-state index contributed by atoms with van der Waals surface area (Å²) in [6, 6.07) is 9.01. The largest absolute Gasteiger partial charge is 0.465 e. The summed E-state index contributed by atoms with van der Waals surface area (Å²) in [5, 5.41) is 13.8. The molecule has 0 amide bonds. The monoisotopic (exact) mass is 291 g/mol. The number of rotatable bonds is 6. The topological polar surface area (TPSA) is 58.6 Å². The molecular weight excluding hydrogens is 266 g/mol. The number of carbonyl (C=O) groups is 1. The second-order valence-corrected chi connectivity index (χ2v) is 5.76. The summed E-state index contributed by atoms with van der Waals surface area (Å²) in [6.45, 7) is 2.58. The maximum atomic E-state index is 12.2. The molecule has 21 heavy (non-hydrogen) atoms. The normalized spacial score (nSPS) is 19.0. The van der Waals surface area contributed by atoms with E-state index in [9.17, 15) is 9.90 Å². The fraction of sp³-hybridized carbons (Fsp3) is 0.588. The molecule has 0 aliphatic heterocycles. The van der Waals surface area contributed by atoms with Gasteiger partial charge in [-0.1, -0.05) is 49.6 Å². The van der Waals surface area contributed by atoms with E-state index in [1.165, 1.54) is 6.42 Å². The molecular formula is C17H25NO3. The maximum Gasteiger partial charge on any atom is 0.327 e. The zero-order valence-corrected chi connectivity index (χ0v) is 12.7. The summed E-state index contributed by atoms with van der Waals surface area (Å²) in [4.78, 5) is 12.2. The van der Waals surface area contributed by atoms with Gasteiger partial charge >= 0.3 is 5.97 Å². The Morgan fingerprint density at radius 2 is 1.95 bits per heavy atom. The number of carbonyl (C=O) groups excluding carboxylic acids is 1. The van der Waals surface area contributed by atoms with Crippen molar-refractivity contribution in [1.82, 2.24) is 5.32 Å². The number of benzene rings is 1. The van der Waals surface area contributed by atoms with Crippen LogP contribution in [0.1, 0.15) is 50.6 Å². The van der Waals surface area contributed by atoms with Gasteiger partial charge in [-0.3, -0.25) is 5.32 Å². The van der Waals surface area contributed by atoms with Crippen LogP contribution in [0.3, 0.4) is 0 Å². The molecule has 116 valence electrons.